The minimum absolute atomic E-state index is 0.152. The standard InChI is InChI=1S/C25H26N4O3/c1-18-11-13-20(14-12-18)15-27-24(31)21-9-5-6-10-22(21)26-17-23(30)29-25(32)28-16-19-7-3-2-4-8-19/h2-14,26H,15-17H2,1H3,(H,27,31)(H2,28,29,30,32). The molecule has 4 N–H and O–H groups in total. The van der Waals surface area contributed by atoms with Crippen molar-refractivity contribution in [3.8, 4) is 0 Å². The Morgan fingerprint density at radius 2 is 1.34 bits per heavy atom. The highest BCUT2D eigenvalue weighted by Gasteiger charge is 2.13. The number of anilines is 1. The first-order valence-corrected chi connectivity index (χ1v) is 10.3. The van der Waals surface area contributed by atoms with Crippen LogP contribution in [0.4, 0.5) is 10.5 Å². The van der Waals surface area contributed by atoms with E-state index in [0.717, 1.165) is 16.7 Å². The Kier molecular flexibility index (Phi) is 7.97. The summed E-state index contributed by atoms with van der Waals surface area (Å²) in [5.41, 5.74) is 4.01. The van der Waals surface area contributed by atoms with E-state index in [1.54, 1.807) is 24.3 Å². The smallest absolute Gasteiger partial charge is 0.321 e. The lowest BCUT2D eigenvalue weighted by Gasteiger charge is -2.12. The van der Waals surface area contributed by atoms with Gasteiger partial charge in [0.25, 0.3) is 5.91 Å². The summed E-state index contributed by atoms with van der Waals surface area (Å²) in [6.07, 6.45) is 0. The number of hydrogen-bond donors (Lipinski definition) is 4. The number of hydrogen-bond acceptors (Lipinski definition) is 4. The van der Waals surface area contributed by atoms with Gasteiger partial charge in [-0.15, -0.1) is 0 Å². The maximum Gasteiger partial charge on any atom is 0.321 e. The van der Waals surface area contributed by atoms with E-state index in [1.807, 2.05) is 61.5 Å². The van der Waals surface area contributed by atoms with Crippen LogP contribution < -0.4 is 21.3 Å². The number of carbonyl (C=O) groups excluding carboxylic acids is 3. The Labute approximate surface area is 187 Å². The van der Waals surface area contributed by atoms with Gasteiger partial charge in [0.2, 0.25) is 5.91 Å². The largest absolute Gasteiger partial charge is 0.375 e. The molecule has 0 bridgehead atoms. The van der Waals surface area contributed by atoms with Crippen LogP contribution in [0.1, 0.15) is 27.0 Å². The van der Waals surface area contributed by atoms with Crippen LogP contribution in [0, 0.1) is 6.92 Å². The lowest BCUT2D eigenvalue weighted by Crippen LogP contribution is -2.41. The summed E-state index contributed by atoms with van der Waals surface area (Å²) in [6.45, 7) is 2.57. The van der Waals surface area contributed by atoms with Crippen LogP contribution in [0.25, 0.3) is 0 Å². The molecule has 164 valence electrons. The van der Waals surface area contributed by atoms with Crippen LogP contribution in [0.5, 0.6) is 0 Å². The Morgan fingerprint density at radius 1 is 0.719 bits per heavy atom. The molecule has 32 heavy (non-hydrogen) atoms. The average molecular weight is 431 g/mol. The van der Waals surface area contributed by atoms with Gasteiger partial charge in [-0.1, -0.05) is 72.3 Å². The van der Waals surface area contributed by atoms with Gasteiger partial charge in [0, 0.05) is 18.8 Å². The maximum atomic E-state index is 12.6. The second-order valence-electron chi connectivity index (χ2n) is 7.28. The zero-order valence-corrected chi connectivity index (χ0v) is 17.9. The first-order valence-electron chi connectivity index (χ1n) is 10.3. The molecule has 0 unspecified atom stereocenters. The van der Waals surface area contributed by atoms with Crippen LogP contribution in [0.15, 0.2) is 78.9 Å². The zero-order chi connectivity index (χ0) is 22.8. The molecule has 0 aliphatic heterocycles. The summed E-state index contributed by atoms with van der Waals surface area (Å²) in [5, 5.41) is 10.7. The molecule has 7 heteroatoms. The zero-order valence-electron chi connectivity index (χ0n) is 17.9. The average Bonchev–Trinajstić information content (AvgIpc) is 2.82. The number of carbonyl (C=O) groups is 3. The van der Waals surface area contributed by atoms with Crippen molar-refractivity contribution in [2.45, 2.75) is 20.0 Å². The third-order valence-corrected chi connectivity index (χ3v) is 4.73. The Balaban J connectivity index is 1.48. The highest BCUT2D eigenvalue weighted by molar-refractivity contribution is 6.01. The summed E-state index contributed by atoms with van der Waals surface area (Å²) >= 11 is 0. The molecule has 3 rings (SSSR count). The predicted octanol–water partition coefficient (Wildman–Crippen LogP) is 3.36. The lowest BCUT2D eigenvalue weighted by atomic mass is 10.1. The van der Waals surface area contributed by atoms with Gasteiger partial charge in [-0.05, 0) is 30.2 Å². The number of aryl methyl sites for hydroxylation is 1. The van der Waals surface area contributed by atoms with Crippen molar-refractivity contribution in [2.24, 2.45) is 0 Å². The summed E-state index contributed by atoms with van der Waals surface area (Å²) in [5.74, 6) is -0.764. The predicted molar refractivity (Wildman–Crippen MR) is 124 cm³/mol. The number of urea groups is 1. The number of nitrogens with one attached hydrogen (secondary N) is 4. The van der Waals surface area contributed by atoms with Crippen molar-refractivity contribution in [3.63, 3.8) is 0 Å². The molecule has 7 nitrogen and oxygen atoms in total. The molecule has 0 aromatic heterocycles. The molecule has 0 radical (unpaired) electrons. The van der Waals surface area contributed by atoms with Crippen molar-refractivity contribution < 1.29 is 14.4 Å². The summed E-state index contributed by atoms with van der Waals surface area (Å²) in [7, 11) is 0. The highest BCUT2D eigenvalue weighted by Crippen LogP contribution is 2.15. The third-order valence-electron chi connectivity index (χ3n) is 4.73. The molecule has 0 fully saturated rings. The molecule has 4 amide bonds. The molecule has 0 atom stereocenters. The fourth-order valence-electron chi connectivity index (χ4n) is 2.99. The van der Waals surface area contributed by atoms with Gasteiger partial charge in [0.05, 0.1) is 12.1 Å². The van der Waals surface area contributed by atoms with E-state index >= 15 is 0 Å². The highest BCUT2D eigenvalue weighted by atomic mass is 16.2. The second kappa shape index (κ2) is 11.3. The van der Waals surface area contributed by atoms with Gasteiger partial charge in [0.15, 0.2) is 0 Å². The van der Waals surface area contributed by atoms with E-state index in [4.69, 9.17) is 0 Å². The van der Waals surface area contributed by atoms with Gasteiger partial charge in [-0.2, -0.15) is 0 Å². The lowest BCUT2D eigenvalue weighted by molar-refractivity contribution is -0.118. The fourth-order valence-corrected chi connectivity index (χ4v) is 2.99. The quantitative estimate of drug-likeness (QED) is 0.440. The van der Waals surface area contributed by atoms with Crippen LogP contribution in [-0.2, 0) is 17.9 Å². The van der Waals surface area contributed by atoms with E-state index in [1.165, 1.54) is 0 Å². The first kappa shape index (κ1) is 22.6. The minimum Gasteiger partial charge on any atom is -0.375 e. The molecule has 3 aromatic rings. The normalized spacial score (nSPS) is 10.2. The van der Waals surface area contributed by atoms with Crippen molar-refractivity contribution in [1.29, 1.82) is 0 Å². The maximum absolute atomic E-state index is 12.6. The summed E-state index contributed by atoms with van der Waals surface area (Å²) in [4.78, 5) is 36.7. The molecule has 3 aromatic carbocycles. The second-order valence-corrected chi connectivity index (χ2v) is 7.28. The molecule has 0 saturated carbocycles. The minimum atomic E-state index is -0.579. The van der Waals surface area contributed by atoms with Gasteiger partial charge < -0.3 is 16.0 Å². The van der Waals surface area contributed by atoms with Crippen LogP contribution >= 0.6 is 0 Å². The third kappa shape index (κ3) is 6.98. The van der Waals surface area contributed by atoms with E-state index in [9.17, 15) is 14.4 Å². The molecule has 0 aliphatic carbocycles. The SMILES string of the molecule is Cc1ccc(CNC(=O)c2ccccc2NCC(=O)NC(=O)NCc2ccccc2)cc1. The first-order chi connectivity index (χ1) is 15.5. The molecule has 0 aliphatic rings. The van der Waals surface area contributed by atoms with Crippen LogP contribution in [0.3, 0.4) is 0 Å². The van der Waals surface area contributed by atoms with Gasteiger partial charge in [-0.25, -0.2) is 4.79 Å². The molecular weight excluding hydrogens is 404 g/mol. The van der Waals surface area contributed by atoms with Crippen molar-refractivity contribution in [2.75, 3.05) is 11.9 Å². The Hall–Kier alpha value is -4.13. The topological polar surface area (TPSA) is 99.3 Å². The van der Waals surface area contributed by atoms with Crippen molar-refractivity contribution >= 4 is 23.5 Å². The Bertz CT molecular complexity index is 1070. The fraction of sp³-hybridized carbons (Fsp3) is 0.160. The van der Waals surface area contributed by atoms with E-state index in [-0.39, 0.29) is 12.5 Å². The van der Waals surface area contributed by atoms with Gasteiger partial charge >= 0.3 is 6.03 Å². The van der Waals surface area contributed by atoms with E-state index < -0.39 is 11.9 Å². The van der Waals surface area contributed by atoms with Crippen LogP contribution in [-0.4, -0.2) is 24.4 Å². The summed E-state index contributed by atoms with van der Waals surface area (Å²) in [6, 6.07) is 23.6. The Morgan fingerprint density at radius 3 is 2.09 bits per heavy atom. The monoisotopic (exact) mass is 430 g/mol. The van der Waals surface area contributed by atoms with Gasteiger partial charge in [0.1, 0.15) is 0 Å². The molecular formula is C25H26N4O3. The number of benzene rings is 3. The van der Waals surface area contributed by atoms with Crippen molar-refractivity contribution in [3.05, 3.63) is 101 Å². The van der Waals surface area contributed by atoms with Crippen LogP contribution in [0.2, 0.25) is 0 Å². The number of amides is 4. The van der Waals surface area contributed by atoms with Crippen molar-refractivity contribution in [1.82, 2.24) is 16.0 Å². The molecule has 0 heterocycles. The summed E-state index contributed by atoms with van der Waals surface area (Å²) < 4.78 is 0. The molecule has 0 saturated heterocycles. The van der Waals surface area contributed by atoms with Gasteiger partial charge in [-0.3, -0.25) is 14.9 Å². The van der Waals surface area contributed by atoms with E-state index in [0.29, 0.717) is 24.3 Å². The number of para-hydroxylation sites is 1. The number of imide groups is 1. The number of rotatable bonds is 8. The molecule has 0 spiro atoms. The van der Waals surface area contributed by atoms with E-state index in [2.05, 4.69) is 21.3 Å².